The summed E-state index contributed by atoms with van der Waals surface area (Å²) in [4.78, 5) is 7.06. The first-order chi connectivity index (χ1) is 17.1. The Balaban J connectivity index is 1.30. The number of ether oxygens (including phenoxy) is 1. The van der Waals surface area contributed by atoms with E-state index in [1.807, 2.05) is 19.5 Å². The van der Waals surface area contributed by atoms with E-state index in [-0.39, 0.29) is 0 Å². The molecule has 2 N–H and O–H groups in total. The molecule has 194 valence electrons. The van der Waals surface area contributed by atoms with Gasteiger partial charge in [-0.25, -0.2) is 0 Å². The van der Waals surface area contributed by atoms with Crippen molar-refractivity contribution in [1.82, 2.24) is 15.5 Å². The van der Waals surface area contributed by atoms with Crippen LogP contribution in [0, 0.1) is 11.8 Å². The molecule has 35 heavy (non-hydrogen) atoms. The van der Waals surface area contributed by atoms with Crippen molar-refractivity contribution in [3.63, 3.8) is 0 Å². The van der Waals surface area contributed by atoms with E-state index >= 15 is 0 Å². The Labute approximate surface area is 214 Å². The summed E-state index contributed by atoms with van der Waals surface area (Å²) in [6, 6.07) is 9.47. The SMILES string of the molecule is C=C(NC1CC1)C(CC)CCCc1ccc(OCC2CCN(C/N=C\C(=C/NC)CC)CC2)cc1. The van der Waals surface area contributed by atoms with Crippen LogP contribution < -0.4 is 15.4 Å². The zero-order valence-electron chi connectivity index (χ0n) is 22.4. The van der Waals surface area contributed by atoms with E-state index in [0.29, 0.717) is 17.9 Å². The maximum atomic E-state index is 6.14. The van der Waals surface area contributed by atoms with Gasteiger partial charge in [0.25, 0.3) is 0 Å². The number of rotatable bonds is 16. The fourth-order valence-electron chi connectivity index (χ4n) is 4.74. The van der Waals surface area contributed by atoms with Gasteiger partial charge in [-0.15, -0.1) is 0 Å². The summed E-state index contributed by atoms with van der Waals surface area (Å²) < 4.78 is 6.14. The van der Waals surface area contributed by atoms with Crippen LogP contribution in [-0.2, 0) is 6.42 Å². The fraction of sp³-hybridized carbons (Fsp3) is 0.633. The van der Waals surface area contributed by atoms with Crippen LogP contribution in [0.3, 0.4) is 0 Å². The zero-order valence-corrected chi connectivity index (χ0v) is 22.4. The number of aliphatic imine (C=N–C) groups is 1. The largest absolute Gasteiger partial charge is 0.493 e. The second-order valence-electron chi connectivity index (χ2n) is 10.3. The molecule has 3 rings (SSSR count). The third kappa shape index (κ3) is 10.1. The molecule has 5 heteroatoms. The second-order valence-corrected chi connectivity index (χ2v) is 10.3. The number of nitrogens with zero attached hydrogens (tertiary/aromatic N) is 2. The molecule has 0 radical (unpaired) electrons. The average Bonchev–Trinajstić information content (AvgIpc) is 3.70. The molecule has 1 aromatic carbocycles. The van der Waals surface area contributed by atoms with Crippen LogP contribution >= 0.6 is 0 Å². The van der Waals surface area contributed by atoms with Crippen molar-refractivity contribution in [3.05, 3.63) is 53.9 Å². The third-order valence-corrected chi connectivity index (χ3v) is 7.36. The topological polar surface area (TPSA) is 48.9 Å². The number of piperidine rings is 1. The number of hydrogen-bond acceptors (Lipinski definition) is 5. The molecule has 1 heterocycles. The first kappa shape index (κ1) is 27.3. The maximum Gasteiger partial charge on any atom is 0.119 e. The van der Waals surface area contributed by atoms with Crippen LogP contribution in [-0.4, -0.2) is 50.6 Å². The van der Waals surface area contributed by atoms with Crippen molar-refractivity contribution < 1.29 is 4.74 Å². The van der Waals surface area contributed by atoms with E-state index in [1.54, 1.807) is 0 Å². The summed E-state index contributed by atoms with van der Waals surface area (Å²) in [5.41, 5.74) is 3.89. The number of hydrogen-bond donors (Lipinski definition) is 2. The molecule has 1 aliphatic heterocycles. The van der Waals surface area contributed by atoms with E-state index in [0.717, 1.165) is 45.0 Å². The summed E-state index contributed by atoms with van der Waals surface area (Å²) >= 11 is 0. The van der Waals surface area contributed by atoms with E-state index < -0.39 is 0 Å². The summed E-state index contributed by atoms with van der Waals surface area (Å²) in [6.45, 7) is 12.5. The van der Waals surface area contributed by atoms with Gasteiger partial charge in [0.15, 0.2) is 0 Å². The van der Waals surface area contributed by atoms with Gasteiger partial charge in [-0.1, -0.05) is 32.6 Å². The number of aryl methyl sites for hydroxylation is 1. The van der Waals surface area contributed by atoms with E-state index in [9.17, 15) is 0 Å². The summed E-state index contributed by atoms with van der Waals surface area (Å²) in [5.74, 6) is 2.23. The molecule has 5 nitrogen and oxygen atoms in total. The lowest BCUT2D eigenvalue weighted by Gasteiger charge is -2.30. The van der Waals surface area contributed by atoms with Crippen molar-refractivity contribution in [2.75, 3.05) is 33.4 Å². The predicted octanol–water partition coefficient (Wildman–Crippen LogP) is 5.93. The molecule has 0 bridgehead atoms. The van der Waals surface area contributed by atoms with Crippen LogP contribution in [0.2, 0.25) is 0 Å². The van der Waals surface area contributed by atoms with E-state index in [1.165, 1.54) is 61.8 Å². The standard InChI is InChI=1S/C30H48N4O/c1-5-25(20-31-4)21-32-23-34-18-16-27(17-19-34)22-35-30-14-10-26(11-15-30)8-7-9-28(6-2)24(3)33-29-12-13-29/h10-11,14-15,20-21,27-29,31,33H,3,5-9,12-13,16-19,22-23H2,1-2,4H3/b25-20-,32-21-. The monoisotopic (exact) mass is 480 g/mol. The molecule has 1 atom stereocenters. The summed E-state index contributed by atoms with van der Waals surface area (Å²) in [5, 5.41) is 6.68. The molecule has 2 aliphatic rings. The van der Waals surface area contributed by atoms with Gasteiger partial charge in [0.1, 0.15) is 5.75 Å². The minimum Gasteiger partial charge on any atom is -0.493 e. The van der Waals surface area contributed by atoms with Crippen LogP contribution in [0.25, 0.3) is 0 Å². The first-order valence-corrected chi connectivity index (χ1v) is 13.9. The molecule has 0 aromatic heterocycles. The maximum absolute atomic E-state index is 6.14. The van der Waals surface area contributed by atoms with Crippen molar-refractivity contribution in [1.29, 1.82) is 0 Å². The second kappa shape index (κ2) is 15.0. The van der Waals surface area contributed by atoms with Gasteiger partial charge in [0.05, 0.1) is 13.3 Å². The molecule has 1 saturated carbocycles. The minimum absolute atomic E-state index is 0.598. The van der Waals surface area contributed by atoms with Gasteiger partial charge in [-0.05, 0) is 92.9 Å². The molecule has 0 spiro atoms. The van der Waals surface area contributed by atoms with Crippen LogP contribution in [0.1, 0.15) is 70.8 Å². The summed E-state index contributed by atoms with van der Waals surface area (Å²) in [6.07, 6.45) is 14.7. The Morgan fingerprint density at radius 3 is 2.54 bits per heavy atom. The lowest BCUT2D eigenvalue weighted by molar-refractivity contribution is 0.144. The van der Waals surface area contributed by atoms with Gasteiger partial charge < -0.3 is 15.4 Å². The Kier molecular flexibility index (Phi) is 11.7. The van der Waals surface area contributed by atoms with Gasteiger partial charge in [0.2, 0.25) is 0 Å². The van der Waals surface area contributed by atoms with Crippen molar-refractivity contribution in [2.24, 2.45) is 16.8 Å². The number of likely N-dealkylation sites (tertiary alicyclic amines) is 1. The highest BCUT2D eigenvalue weighted by Gasteiger charge is 2.23. The van der Waals surface area contributed by atoms with Gasteiger partial charge in [-0.3, -0.25) is 9.89 Å². The Hall–Kier alpha value is -2.27. The fourth-order valence-corrected chi connectivity index (χ4v) is 4.74. The van der Waals surface area contributed by atoms with Crippen LogP contribution in [0.15, 0.2) is 53.3 Å². The van der Waals surface area contributed by atoms with Crippen molar-refractivity contribution in [2.45, 2.75) is 77.7 Å². The molecule has 1 unspecified atom stereocenters. The lowest BCUT2D eigenvalue weighted by Crippen LogP contribution is -2.35. The molecule has 1 aliphatic carbocycles. The van der Waals surface area contributed by atoms with Gasteiger partial charge in [-0.2, -0.15) is 0 Å². The predicted molar refractivity (Wildman–Crippen MR) is 149 cm³/mol. The molecule has 1 aromatic rings. The van der Waals surface area contributed by atoms with Crippen molar-refractivity contribution >= 4 is 6.21 Å². The Bertz CT molecular complexity index is 804. The van der Waals surface area contributed by atoms with Crippen LogP contribution in [0.4, 0.5) is 0 Å². The Morgan fingerprint density at radius 1 is 1.17 bits per heavy atom. The number of benzene rings is 1. The number of allylic oxidation sites excluding steroid dienone is 2. The highest BCUT2D eigenvalue weighted by atomic mass is 16.5. The average molecular weight is 481 g/mol. The highest BCUT2D eigenvalue weighted by Crippen LogP contribution is 2.26. The lowest BCUT2D eigenvalue weighted by atomic mass is 9.94. The summed E-state index contributed by atoms with van der Waals surface area (Å²) in [7, 11) is 1.93. The minimum atomic E-state index is 0.598. The smallest absolute Gasteiger partial charge is 0.119 e. The molecule has 1 saturated heterocycles. The highest BCUT2D eigenvalue weighted by molar-refractivity contribution is 5.78. The first-order valence-electron chi connectivity index (χ1n) is 13.9. The molecule has 0 amide bonds. The zero-order chi connectivity index (χ0) is 24.9. The quantitative estimate of drug-likeness (QED) is 0.288. The van der Waals surface area contributed by atoms with E-state index in [2.05, 4.69) is 65.2 Å². The normalized spacial score (nSPS) is 18.5. The van der Waals surface area contributed by atoms with Gasteiger partial charge in [0, 0.05) is 44.3 Å². The van der Waals surface area contributed by atoms with E-state index in [4.69, 9.17) is 4.74 Å². The number of nitrogens with one attached hydrogen (secondary N) is 2. The molecular weight excluding hydrogens is 432 g/mol. The van der Waals surface area contributed by atoms with Crippen LogP contribution in [0.5, 0.6) is 5.75 Å². The third-order valence-electron chi connectivity index (χ3n) is 7.36. The van der Waals surface area contributed by atoms with Crippen molar-refractivity contribution in [3.8, 4) is 5.75 Å². The van der Waals surface area contributed by atoms with Gasteiger partial charge >= 0.3 is 0 Å². The molecular formula is C30H48N4O. The molecule has 2 fully saturated rings. The Morgan fingerprint density at radius 2 is 1.91 bits per heavy atom.